The second-order valence-corrected chi connectivity index (χ2v) is 5.80. The molecular weight excluding hydrogens is 302 g/mol. The summed E-state index contributed by atoms with van der Waals surface area (Å²) in [6.45, 7) is 3.25. The third-order valence-electron chi connectivity index (χ3n) is 3.00. The molecule has 0 bridgehead atoms. The van der Waals surface area contributed by atoms with Gasteiger partial charge in [0.25, 0.3) is 5.91 Å². The van der Waals surface area contributed by atoms with Crippen LogP contribution in [0.4, 0.5) is 10.8 Å². The number of thiazole rings is 1. The fraction of sp³-hybridized carbons (Fsp3) is 0.133. The number of nitrogens with zero attached hydrogens (tertiary/aromatic N) is 1. The fourth-order valence-corrected chi connectivity index (χ4v) is 2.92. The number of aryl methyl sites for hydroxylation is 1. The van der Waals surface area contributed by atoms with Crippen molar-refractivity contribution in [1.29, 1.82) is 0 Å². The molecule has 2 heterocycles. The SMILES string of the molecule is CC(=O)Nc1ccc2nc(NC(=O)c3occc3C)sc2c1. The van der Waals surface area contributed by atoms with E-state index in [4.69, 9.17) is 4.42 Å². The normalized spacial score (nSPS) is 10.6. The summed E-state index contributed by atoms with van der Waals surface area (Å²) in [6, 6.07) is 7.12. The minimum Gasteiger partial charge on any atom is -0.459 e. The van der Waals surface area contributed by atoms with Gasteiger partial charge in [0.15, 0.2) is 10.9 Å². The molecule has 2 amide bonds. The Kier molecular flexibility index (Phi) is 3.64. The summed E-state index contributed by atoms with van der Waals surface area (Å²) in [6.07, 6.45) is 1.47. The van der Waals surface area contributed by atoms with Gasteiger partial charge in [-0.15, -0.1) is 0 Å². The molecule has 2 N–H and O–H groups in total. The number of benzene rings is 1. The van der Waals surface area contributed by atoms with Crippen molar-refractivity contribution in [1.82, 2.24) is 4.98 Å². The molecule has 6 nitrogen and oxygen atoms in total. The van der Waals surface area contributed by atoms with Crippen LogP contribution >= 0.6 is 11.3 Å². The van der Waals surface area contributed by atoms with Crippen LogP contribution in [-0.4, -0.2) is 16.8 Å². The Morgan fingerprint density at radius 3 is 2.73 bits per heavy atom. The van der Waals surface area contributed by atoms with E-state index in [-0.39, 0.29) is 17.6 Å². The number of fused-ring (bicyclic) bond motifs is 1. The van der Waals surface area contributed by atoms with E-state index >= 15 is 0 Å². The molecule has 0 atom stereocenters. The van der Waals surface area contributed by atoms with Crippen LogP contribution in [0.25, 0.3) is 10.2 Å². The van der Waals surface area contributed by atoms with Crippen molar-refractivity contribution in [3.8, 4) is 0 Å². The van der Waals surface area contributed by atoms with Crippen LogP contribution in [0, 0.1) is 6.92 Å². The van der Waals surface area contributed by atoms with Crippen LogP contribution in [-0.2, 0) is 4.79 Å². The number of anilines is 2. The fourth-order valence-electron chi connectivity index (χ4n) is 2.02. The maximum atomic E-state index is 12.1. The molecule has 0 aliphatic rings. The molecule has 2 aromatic heterocycles. The summed E-state index contributed by atoms with van der Waals surface area (Å²) in [4.78, 5) is 27.5. The summed E-state index contributed by atoms with van der Waals surface area (Å²) in [7, 11) is 0. The number of nitrogens with one attached hydrogen (secondary N) is 2. The lowest BCUT2D eigenvalue weighted by molar-refractivity contribution is -0.114. The lowest BCUT2D eigenvalue weighted by atomic mass is 10.3. The van der Waals surface area contributed by atoms with Gasteiger partial charge in [0.2, 0.25) is 5.91 Å². The molecule has 1 aromatic carbocycles. The molecule has 0 fully saturated rings. The first-order chi connectivity index (χ1) is 10.5. The Morgan fingerprint density at radius 2 is 2.05 bits per heavy atom. The molecule has 0 radical (unpaired) electrons. The van der Waals surface area contributed by atoms with E-state index in [9.17, 15) is 9.59 Å². The number of rotatable bonds is 3. The Morgan fingerprint density at radius 1 is 1.23 bits per heavy atom. The quantitative estimate of drug-likeness (QED) is 0.775. The van der Waals surface area contributed by atoms with Crippen molar-refractivity contribution in [3.63, 3.8) is 0 Å². The number of hydrogen-bond acceptors (Lipinski definition) is 5. The third kappa shape index (κ3) is 2.84. The monoisotopic (exact) mass is 315 g/mol. The van der Waals surface area contributed by atoms with Gasteiger partial charge in [-0.2, -0.15) is 0 Å². The molecule has 112 valence electrons. The van der Waals surface area contributed by atoms with Gasteiger partial charge in [-0.05, 0) is 31.2 Å². The number of carbonyl (C=O) groups excluding carboxylic acids is 2. The number of carbonyl (C=O) groups is 2. The molecule has 7 heteroatoms. The van der Waals surface area contributed by atoms with E-state index in [0.717, 1.165) is 15.8 Å². The first-order valence-corrected chi connectivity index (χ1v) is 7.38. The zero-order valence-electron chi connectivity index (χ0n) is 12.0. The van der Waals surface area contributed by atoms with Crippen molar-refractivity contribution in [2.75, 3.05) is 10.6 Å². The molecule has 0 saturated heterocycles. The van der Waals surface area contributed by atoms with Gasteiger partial charge in [0, 0.05) is 18.2 Å². The van der Waals surface area contributed by atoms with Crippen molar-refractivity contribution in [2.45, 2.75) is 13.8 Å². The highest BCUT2D eigenvalue weighted by molar-refractivity contribution is 7.22. The van der Waals surface area contributed by atoms with Crippen LogP contribution in [0.15, 0.2) is 34.9 Å². The Balaban J connectivity index is 1.84. The largest absolute Gasteiger partial charge is 0.459 e. The van der Waals surface area contributed by atoms with Gasteiger partial charge in [-0.1, -0.05) is 11.3 Å². The molecule has 22 heavy (non-hydrogen) atoms. The first-order valence-electron chi connectivity index (χ1n) is 6.56. The summed E-state index contributed by atoms with van der Waals surface area (Å²) in [5, 5.41) is 5.92. The Bertz CT molecular complexity index is 866. The molecule has 0 unspecified atom stereocenters. The minimum absolute atomic E-state index is 0.134. The van der Waals surface area contributed by atoms with Gasteiger partial charge in [0.05, 0.1) is 16.5 Å². The van der Waals surface area contributed by atoms with Crippen molar-refractivity contribution in [3.05, 3.63) is 41.9 Å². The average Bonchev–Trinajstić information content (AvgIpc) is 3.03. The van der Waals surface area contributed by atoms with Crippen LogP contribution < -0.4 is 10.6 Å². The van der Waals surface area contributed by atoms with Crippen LogP contribution in [0.2, 0.25) is 0 Å². The van der Waals surface area contributed by atoms with Gasteiger partial charge in [-0.25, -0.2) is 4.98 Å². The van der Waals surface area contributed by atoms with E-state index in [1.54, 1.807) is 25.1 Å². The lowest BCUT2D eigenvalue weighted by Gasteiger charge is -1.99. The smallest absolute Gasteiger partial charge is 0.293 e. The van der Waals surface area contributed by atoms with E-state index in [1.807, 2.05) is 6.07 Å². The average molecular weight is 315 g/mol. The topological polar surface area (TPSA) is 84.2 Å². The first kappa shape index (κ1) is 14.3. The molecular formula is C15H13N3O3S. The van der Waals surface area contributed by atoms with Gasteiger partial charge in [-0.3, -0.25) is 14.9 Å². The van der Waals surface area contributed by atoms with E-state index < -0.39 is 0 Å². The molecule has 0 aliphatic carbocycles. The maximum absolute atomic E-state index is 12.1. The highest BCUT2D eigenvalue weighted by atomic mass is 32.1. The van der Waals surface area contributed by atoms with Crippen LogP contribution in [0.3, 0.4) is 0 Å². The Labute approximate surface area is 130 Å². The molecule has 0 spiro atoms. The lowest BCUT2D eigenvalue weighted by Crippen LogP contribution is -2.11. The van der Waals surface area contributed by atoms with E-state index in [0.29, 0.717) is 10.8 Å². The third-order valence-corrected chi connectivity index (χ3v) is 3.93. The second kappa shape index (κ2) is 5.61. The number of hydrogen-bond donors (Lipinski definition) is 2. The minimum atomic E-state index is -0.330. The van der Waals surface area contributed by atoms with Crippen LogP contribution in [0.5, 0.6) is 0 Å². The Hall–Kier alpha value is -2.67. The summed E-state index contributed by atoms with van der Waals surface area (Å²) in [5.74, 6) is -0.187. The summed E-state index contributed by atoms with van der Waals surface area (Å²) < 4.78 is 6.03. The van der Waals surface area contributed by atoms with Crippen LogP contribution in [0.1, 0.15) is 23.0 Å². The van der Waals surface area contributed by atoms with Gasteiger partial charge >= 0.3 is 0 Å². The molecule has 3 aromatic rings. The molecule has 0 aliphatic heterocycles. The predicted molar refractivity (Wildman–Crippen MR) is 85.3 cm³/mol. The number of aromatic nitrogens is 1. The standard InChI is InChI=1S/C15H13N3O3S/c1-8-5-6-21-13(8)14(20)18-15-17-11-4-3-10(16-9(2)19)7-12(11)22-15/h3-7H,1-2H3,(H,16,19)(H,17,18,20). The van der Waals surface area contributed by atoms with Crippen molar-refractivity contribution >= 4 is 44.2 Å². The molecule has 0 saturated carbocycles. The maximum Gasteiger partial charge on any atom is 0.293 e. The van der Waals surface area contributed by atoms with E-state index in [2.05, 4.69) is 15.6 Å². The number of amides is 2. The summed E-state index contributed by atoms with van der Waals surface area (Å²) in [5.41, 5.74) is 2.22. The summed E-state index contributed by atoms with van der Waals surface area (Å²) >= 11 is 1.33. The molecule has 3 rings (SSSR count). The predicted octanol–water partition coefficient (Wildman–Crippen LogP) is 3.41. The van der Waals surface area contributed by atoms with Gasteiger partial charge < -0.3 is 9.73 Å². The highest BCUT2D eigenvalue weighted by Gasteiger charge is 2.15. The van der Waals surface area contributed by atoms with E-state index in [1.165, 1.54) is 24.5 Å². The van der Waals surface area contributed by atoms with Crippen molar-refractivity contribution < 1.29 is 14.0 Å². The zero-order valence-corrected chi connectivity index (χ0v) is 12.8. The zero-order chi connectivity index (χ0) is 15.7. The van der Waals surface area contributed by atoms with Crippen molar-refractivity contribution in [2.24, 2.45) is 0 Å². The highest BCUT2D eigenvalue weighted by Crippen LogP contribution is 2.28. The second-order valence-electron chi connectivity index (χ2n) is 4.77. The number of furan rings is 1. The van der Waals surface area contributed by atoms with Gasteiger partial charge in [0.1, 0.15) is 0 Å².